The van der Waals surface area contributed by atoms with Gasteiger partial charge in [-0.1, -0.05) is 0 Å². The molecule has 0 heterocycles. The second-order valence-corrected chi connectivity index (χ2v) is 3.09. The number of aromatic carboxylic acids is 1. The normalized spacial score (nSPS) is 9.71. The van der Waals surface area contributed by atoms with E-state index in [0.29, 0.717) is 0 Å². The minimum Gasteiger partial charge on any atom is -0.507 e. The molecular weight excluding hydrogens is 228 g/mol. The van der Waals surface area contributed by atoms with Crippen molar-refractivity contribution in [3.8, 4) is 5.75 Å². The number of anilines is 1. The van der Waals surface area contributed by atoms with E-state index in [-0.39, 0.29) is 30.2 Å². The van der Waals surface area contributed by atoms with E-state index in [4.69, 9.17) is 10.8 Å². The van der Waals surface area contributed by atoms with Gasteiger partial charge in [0.2, 0.25) is 0 Å². The Balaban J connectivity index is 2.75. The molecule has 7 nitrogen and oxygen atoms in total. The molecule has 0 aliphatic heterocycles. The number of amides is 1. The van der Waals surface area contributed by atoms with Crippen molar-refractivity contribution in [3.05, 3.63) is 23.8 Å². The second-order valence-electron chi connectivity index (χ2n) is 3.09. The van der Waals surface area contributed by atoms with E-state index < -0.39 is 12.1 Å². The fourth-order valence-corrected chi connectivity index (χ4v) is 1.09. The third-order valence-corrected chi connectivity index (χ3v) is 1.82. The van der Waals surface area contributed by atoms with E-state index in [2.05, 4.69) is 10.1 Å². The van der Waals surface area contributed by atoms with Gasteiger partial charge in [-0.2, -0.15) is 0 Å². The van der Waals surface area contributed by atoms with Gasteiger partial charge in [0.25, 0.3) is 0 Å². The van der Waals surface area contributed by atoms with Crippen LogP contribution in [-0.4, -0.2) is 35.4 Å². The molecule has 0 fully saturated rings. The minimum absolute atomic E-state index is 0.0652. The molecule has 0 atom stereocenters. The van der Waals surface area contributed by atoms with Crippen molar-refractivity contribution >= 4 is 17.7 Å². The van der Waals surface area contributed by atoms with Gasteiger partial charge in [-0.25, -0.2) is 9.59 Å². The maximum absolute atomic E-state index is 11.1. The molecule has 0 aromatic heterocycles. The summed E-state index contributed by atoms with van der Waals surface area (Å²) in [6.45, 7) is 0.263. The smallest absolute Gasteiger partial charge is 0.411 e. The van der Waals surface area contributed by atoms with E-state index in [1.54, 1.807) is 0 Å². The summed E-state index contributed by atoms with van der Waals surface area (Å²) in [6, 6.07) is 3.65. The number of carboxylic acid groups (broad SMARTS) is 1. The monoisotopic (exact) mass is 240 g/mol. The standard InChI is InChI=1S/C10H12N2O5/c11-3-4-17-10(16)12-6-1-2-8(13)7(5-6)9(14)15/h1-2,5,13H,3-4,11H2,(H,12,16)(H,14,15). The highest BCUT2D eigenvalue weighted by atomic mass is 16.5. The zero-order valence-electron chi connectivity index (χ0n) is 8.84. The third-order valence-electron chi connectivity index (χ3n) is 1.82. The van der Waals surface area contributed by atoms with E-state index in [1.807, 2.05) is 0 Å². The summed E-state index contributed by atoms with van der Waals surface area (Å²) in [7, 11) is 0. The number of phenols is 1. The molecule has 0 radical (unpaired) electrons. The van der Waals surface area contributed by atoms with Crippen LogP contribution in [0.1, 0.15) is 10.4 Å². The first-order chi connectivity index (χ1) is 8.04. The van der Waals surface area contributed by atoms with Crippen molar-refractivity contribution in [2.45, 2.75) is 0 Å². The van der Waals surface area contributed by atoms with Gasteiger partial charge in [0.1, 0.15) is 17.9 Å². The van der Waals surface area contributed by atoms with Gasteiger partial charge in [0, 0.05) is 12.2 Å². The highest BCUT2D eigenvalue weighted by molar-refractivity contribution is 5.93. The minimum atomic E-state index is -1.29. The SMILES string of the molecule is NCCOC(=O)Nc1ccc(O)c(C(=O)O)c1. The van der Waals surface area contributed by atoms with Crippen molar-refractivity contribution in [2.24, 2.45) is 5.73 Å². The first kappa shape index (κ1) is 12.8. The average molecular weight is 240 g/mol. The van der Waals surface area contributed by atoms with Gasteiger partial charge in [-0.05, 0) is 18.2 Å². The Labute approximate surface area is 96.8 Å². The molecule has 5 N–H and O–H groups in total. The topological polar surface area (TPSA) is 122 Å². The lowest BCUT2D eigenvalue weighted by Gasteiger charge is -2.07. The maximum atomic E-state index is 11.1. The lowest BCUT2D eigenvalue weighted by molar-refractivity contribution is 0.0693. The van der Waals surface area contributed by atoms with E-state index in [0.717, 1.165) is 6.07 Å². The highest BCUT2D eigenvalue weighted by Gasteiger charge is 2.11. The Morgan fingerprint density at radius 3 is 2.71 bits per heavy atom. The number of hydrogen-bond donors (Lipinski definition) is 4. The van der Waals surface area contributed by atoms with Gasteiger partial charge >= 0.3 is 12.1 Å². The van der Waals surface area contributed by atoms with Crippen molar-refractivity contribution in [3.63, 3.8) is 0 Å². The molecule has 0 bridgehead atoms. The van der Waals surface area contributed by atoms with Crippen molar-refractivity contribution in [1.82, 2.24) is 0 Å². The number of carbonyl (C=O) groups excluding carboxylic acids is 1. The van der Waals surface area contributed by atoms with E-state index >= 15 is 0 Å². The fraction of sp³-hybridized carbons (Fsp3) is 0.200. The Hall–Kier alpha value is -2.28. The largest absolute Gasteiger partial charge is 0.507 e. The number of nitrogens with one attached hydrogen (secondary N) is 1. The van der Waals surface area contributed by atoms with Crippen molar-refractivity contribution in [2.75, 3.05) is 18.5 Å². The molecule has 1 amide bonds. The van der Waals surface area contributed by atoms with Crippen LogP contribution in [0.3, 0.4) is 0 Å². The second kappa shape index (κ2) is 5.71. The van der Waals surface area contributed by atoms with Crippen LogP contribution in [0.25, 0.3) is 0 Å². The van der Waals surface area contributed by atoms with Crippen molar-refractivity contribution in [1.29, 1.82) is 0 Å². The summed E-state index contributed by atoms with van der Waals surface area (Å²) >= 11 is 0. The number of benzene rings is 1. The van der Waals surface area contributed by atoms with Gasteiger partial charge < -0.3 is 20.7 Å². The summed E-state index contributed by atoms with van der Waals surface area (Å²) in [5, 5.41) is 20.3. The van der Waals surface area contributed by atoms with Gasteiger partial charge in [0.05, 0.1) is 0 Å². The molecule has 0 unspecified atom stereocenters. The Morgan fingerprint density at radius 1 is 1.41 bits per heavy atom. The van der Waals surface area contributed by atoms with Crippen LogP contribution in [0.15, 0.2) is 18.2 Å². The van der Waals surface area contributed by atoms with Crippen LogP contribution < -0.4 is 11.1 Å². The summed E-state index contributed by atoms with van der Waals surface area (Å²) in [6.07, 6.45) is -0.738. The van der Waals surface area contributed by atoms with E-state index in [9.17, 15) is 14.7 Å². The molecule has 0 saturated heterocycles. The summed E-state index contributed by atoms with van der Waals surface area (Å²) in [5.41, 5.74) is 5.04. The van der Waals surface area contributed by atoms with Crippen LogP contribution in [-0.2, 0) is 4.74 Å². The van der Waals surface area contributed by atoms with Crippen molar-refractivity contribution < 1.29 is 24.5 Å². The molecule has 1 aromatic carbocycles. The molecule has 17 heavy (non-hydrogen) atoms. The Morgan fingerprint density at radius 2 is 2.12 bits per heavy atom. The maximum Gasteiger partial charge on any atom is 0.411 e. The molecule has 1 rings (SSSR count). The first-order valence-electron chi connectivity index (χ1n) is 4.74. The van der Waals surface area contributed by atoms with Gasteiger partial charge in [-0.15, -0.1) is 0 Å². The van der Waals surface area contributed by atoms with Crippen LogP contribution in [0.4, 0.5) is 10.5 Å². The molecule has 0 aliphatic carbocycles. The summed E-state index contributed by atoms with van der Waals surface area (Å²) in [5.74, 6) is -1.67. The summed E-state index contributed by atoms with van der Waals surface area (Å²) < 4.78 is 4.64. The van der Waals surface area contributed by atoms with Gasteiger partial charge in [-0.3, -0.25) is 5.32 Å². The number of ether oxygens (including phenoxy) is 1. The zero-order chi connectivity index (χ0) is 12.8. The number of carbonyl (C=O) groups is 2. The summed E-state index contributed by atoms with van der Waals surface area (Å²) in [4.78, 5) is 21.8. The van der Waals surface area contributed by atoms with Crippen LogP contribution >= 0.6 is 0 Å². The van der Waals surface area contributed by atoms with Crippen LogP contribution in [0, 0.1) is 0 Å². The Bertz CT molecular complexity index is 433. The molecule has 7 heteroatoms. The Kier molecular flexibility index (Phi) is 4.29. The highest BCUT2D eigenvalue weighted by Crippen LogP contribution is 2.21. The predicted octanol–water partition coefficient (Wildman–Crippen LogP) is 0.598. The number of rotatable bonds is 4. The van der Waals surface area contributed by atoms with Gasteiger partial charge in [0.15, 0.2) is 0 Å². The number of carboxylic acids is 1. The predicted molar refractivity (Wildman–Crippen MR) is 59.1 cm³/mol. The third kappa shape index (κ3) is 3.65. The molecule has 1 aromatic rings. The number of aromatic hydroxyl groups is 1. The van der Waals surface area contributed by atoms with Crippen LogP contribution in [0.5, 0.6) is 5.75 Å². The fourth-order valence-electron chi connectivity index (χ4n) is 1.09. The average Bonchev–Trinajstić information content (AvgIpc) is 2.28. The molecule has 0 aliphatic rings. The van der Waals surface area contributed by atoms with Crippen LogP contribution in [0.2, 0.25) is 0 Å². The number of hydrogen-bond acceptors (Lipinski definition) is 5. The molecule has 0 spiro atoms. The lowest BCUT2D eigenvalue weighted by Crippen LogP contribution is -2.18. The quantitative estimate of drug-likeness (QED) is 0.571. The molecule has 0 saturated carbocycles. The first-order valence-corrected chi connectivity index (χ1v) is 4.74. The van der Waals surface area contributed by atoms with E-state index in [1.165, 1.54) is 12.1 Å². The molecular formula is C10H12N2O5. The zero-order valence-corrected chi connectivity index (χ0v) is 8.84. The number of nitrogens with two attached hydrogens (primary N) is 1. The molecule has 92 valence electrons. The lowest BCUT2D eigenvalue weighted by atomic mass is 10.2.